The lowest BCUT2D eigenvalue weighted by atomic mass is 10.2. The Hall–Kier alpha value is -3.40. The maximum absolute atomic E-state index is 4.61. The van der Waals surface area contributed by atoms with Gasteiger partial charge in [0.2, 0.25) is 5.82 Å². The van der Waals surface area contributed by atoms with Gasteiger partial charge in [0.25, 0.3) is 5.65 Å². The lowest BCUT2D eigenvalue weighted by Gasteiger charge is -2.03. The molecule has 1 aliphatic heterocycles. The van der Waals surface area contributed by atoms with Gasteiger partial charge in [0, 0.05) is 6.20 Å². The van der Waals surface area contributed by atoms with Crippen molar-refractivity contribution in [2.45, 2.75) is 6.54 Å². The summed E-state index contributed by atoms with van der Waals surface area (Å²) < 4.78 is 7.10. The highest BCUT2D eigenvalue weighted by Gasteiger charge is 2.36. The molecule has 4 nitrogen and oxygen atoms in total. The van der Waals surface area contributed by atoms with E-state index in [1.807, 2.05) is 12.3 Å². The monoisotopic (exact) mass is 337 g/mol. The van der Waals surface area contributed by atoms with Gasteiger partial charge in [-0.3, -0.25) is 9.55 Å². The third kappa shape index (κ3) is 1.59. The van der Waals surface area contributed by atoms with Crippen LogP contribution in [0.25, 0.3) is 39.1 Å². The van der Waals surface area contributed by atoms with Gasteiger partial charge in [-0.1, -0.05) is 30.3 Å². The van der Waals surface area contributed by atoms with Crippen molar-refractivity contribution in [2.24, 2.45) is 7.05 Å². The van der Waals surface area contributed by atoms with E-state index in [1.54, 1.807) is 0 Å². The summed E-state index contributed by atoms with van der Waals surface area (Å²) in [5.74, 6) is 1.23. The maximum Gasteiger partial charge on any atom is 0.275 e. The lowest BCUT2D eigenvalue weighted by molar-refractivity contribution is -0.648. The highest BCUT2D eigenvalue weighted by Crippen LogP contribution is 2.36. The number of benzene rings is 2. The van der Waals surface area contributed by atoms with Crippen molar-refractivity contribution >= 4 is 22.1 Å². The van der Waals surface area contributed by atoms with Crippen molar-refractivity contribution < 1.29 is 4.57 Å². The van der Waals surface area contributed by atoms with E-state index in [4.69, 9.17) is 0 Å². The molecule has 0 saturated carbocycles. The number of imidazole rings is 1. The first kappa shape index (κ1) is 13.8. The molecule has 124 valence electrons. The van der Waals surface area contributed by atoms with Crippen LogP contribution >= 0.6 is 0 Å². The molecule has 3 aromatic heterocycles. The van der Waals surface area contributed by atoms with Crippen LogP contribution in [-0.4, -0.2) is 14.1 Å². The first-order valence-electron chi connectivity index (χ1n) is 8.86. The number of fused-ring (bicyclic) bond motifs is 7. The molecule has 0 bridgehead atoms. The van der Waals surface area contributed by atoms with Crippen LogP contribution in [0.4, 0.5) is 0 Å². The molecule has 0 atom stereocenters. The minimum Gasteiger partial charge on any atom is -0.257 e. The summed E-state index contributed by atoms with van der Waals surface area (Å²) in [5.41, 5.74) is 7.30. The Morgan fingerprint density at radius 2 is 1.73 bits per heavy atom. The molecule has 0 amide bonds. The average molecular weight is 337 g/mol. The third-order valence-corrected chi connectivity index (χ3v) is 5.44. The summed E-state index contributed by atoms with van der Waals surface area (Å²) in [6, 6.07) is 23.5. The summed E-state index contributed by atoms with van der Waals surface area (Å²) in [6.45, 7) is 0.812. The summed E-state index contributed by atoms with van der Waals surface area (Å²) in [7, 11) is 2.16. The number of aryl methyl sites for hydroxylation is 1. The van der Waals surface area contributed by atoms with Gasteiger partial charge in [0.1, 0.15) is 17.7 Å². The molecule has 0 fully saturated rings. The summed E-state index contributed by atoms with van der Waals surface area (Å²) in [6.07, 6.45) is 1.88. The Kier molecular flexibility index (Phi) is 2.57. The Balaban J connectivity index is 1.83. The zero-order valence-electron chi connectivity index (χ0n) is 14.4. The molecule has 0 radical (unpaired) electrons. The Bertz CT molecular complexity index is 1310. The fourth-order valence-electron chi connectivity index (χ4n) is 4.41. The van der Waals surface area contributed by atoms with Crippen molar-refractivity contribution in [1.29, 1.82) is 0 Å². The van der Waals surface area contributed by atoms with Crippen molar-refractivity contribution in [1.82, 2.24) is 14.1 Å². The average Bonchev–Trinajstić information content (AvgIpc) is 3.31. The molecule has 2 aromatic carbocycles. The van der Waals surface area contributed by atoms with Gasteiger partial charge < -0.3 is 0 Å². The Morgan fingerprint density at radius 3 is 2.62 bits per heavy atom. The second-order valence-electron chi connectivity index (χ2n) is 6.83. The number of hydrogen-bond acceptors (Lipinski definition) is 1. The smallest absolute Gasteiger partial charge is 0.257 e. The molecular weight excluding hydrogens is 320 g/mol. The molecule has 1 aliphatic rings. The normalized spacial score (nSPS) is 12.7. The van der Waals surface area contributed by atoms with Crippen molar-refractivity contribution in [3.05, 3.63) is 78.6 Å². The fraction of sp³-hybridized carbons (Fsp3) is 0.0909. The van der Waals surface area contributed by atoms with Gasteiger partial charge >= 0.3 is 0 Å². The quantitative estimate of drug-likeness (QED) is 0.419. The van der Waals surface area contributed by atoms with E-state index >= 15 is 0 Å². The number of aromatic nitrogens is 4. The van der Waals surface area contributed by atoms with Crippen molar-refractivity contribution in [3.63, 3.8) is 0 Å². The molecule has 0 aliphatic carbocycles. The third-order valence-electron chi connectivity index (χ3n) is 5.44. The Morgan fingerprint density at radius 1 is 0.923 bits per heavy atom. The van der Waals surface area contributed by atoms with Crippen LogP contribution in [-0.2, 0) is 13.6 Å². The van der Waals surface area contributed by atoms with Crippen LogP contribution in [0.2, 0.25) is 0 Å². The van der Waals surface area contributed by atoms with Gasteiger partial charge in [0.15, 0.2) is 5.52 Å². The van der Waals surface area contributed by atoms with Gasteiger partial charge in [0.05, 0.1) is 23.7 Å². The van der Waals surface area contributed by atoms with Crippen LogP contribution in [0.15, 0.2) is 72.9 Å². The highest BCUT2D eigenvalue weighted by molar-refractivity contribution is 6.06. The summed E-state index contributed by atoms with van der Waals surface area (Å²) in [5, 5.41) is 1.28. The molecule has 6 rings (SSSR count). The molecule has 4 heterocycles. The number of pyridine rings is 1. The highest BCUT2D eigenvalue weighted by atomic mass is 15.3. The number of rotatable bonds is 1. The van der Waals surface area contributed by atoms with Crippen LogP contribution in [0.1, 0.15) is 5.69 Å². The van der Waals surface area contributed by atoms with E-state index in [2.05, 4.69) is 86.4 Å². The first-order chi connectivity index (χ1) is 12.8. The van der Waals surface area contributed by atoms with E-state index in [-0.39, 0.29) is 0 Å². The number of para-hydroxylation sites is 2. The second kappa shape index (κ2) is 4.82. The fourth-order valence-corrected chi connectivity index (χ4v) is 4.41. The summed E-state index contributed by atoms with van der Waals surface area (Å²) in [4.78, 5) is 4.61. The van der Waals surface area contributed by atoms with Crippen molar-refractivity contribution in [2.75, 3.05) is 0 Å². The van der Waals surface area contributed by atoms with Crippen LogP contribution in [0, 0.1) is 0 Å². The predicted octanol–water partition coefficient (Wildman–Crippen LogP) is 3.83. The van der Waals surface area contributed by atoms with E-state index in [9.17, 15) is 0 Å². The minimum atomic E-state index is 0.812. The molecule has 26 heavy (non-hydrogen) atoms. The van der Waals surface area contributed by atoms with Crippen molar-refractivity contribution in [3.8, 4) is 17.1 Å². The molecule has 0 saturated heterocycles. The topological polar surface area (TPSA) is 26.6 Å². The molecule has 0 unspecified atom stereocenters. The lowest BCUT2D eigenvalue weighted by Crippen LogP contribution is -2.33. The molecule has 4 heteroatoms. The van der Waals surface area contributed by atoms with Crippen LogP contribution in [0.5, 0.6) is 0 Å². The van der Waals surface area contributed by atoms with E-state index in [0.717, 1.165) is 12.2 Å². The summed E-state index contributed by atoms with van der Waals surface area (Å²) >= 11 is 0. The standard InChI is InChI=1S/C22H17N4/c1-24-20-17-10-5-6-12-19(17)26(15-8-3-2-4-9-15)22(20)25-14-18-16(21(24)25)11-7-13-23-18/h2-13H,14H2,1H3/q+1. The van der Waals surface area contributed by atoms with Crippen LogP contribution < -0.4 is 4.57 Å². The Labute approximate surface area is 150 Å². The number of nitrogens with zero attached hydrogens (tertiary/aromatic N) is 4. The largest absolute Gasteiger partial charge is 0.275 e. The maximum atomic E-state index is 4.61. The number of hydrogen-bond donors (Lipinski definition) is 0. The molecule has 0 spiro atoms. The minimum absolute atomic E-state index is 0.812. The van der Waals surface area contributed by atoms with Crippen LogP contribution in [0.3, 0.4) is 0 Å². The molecular formula is C22H17N4+. The predicted molar refractivity (Wildman–Crippen MR) is 102 cm³/mol. The van der Waals surface area contributed by atoms with Gasteiger partial charge in [-0.15, -0.1) is 0 Å². The van der Waals surface area contributed by atoms with E-state index in [1.165, 1.54) is 39.1 Å². The zero-order chi connectivity index (χ0) is 17.3. The molecule has 0 N–H and O–H groups in total. The first-order valence-corrected chi connectivity index (χ1v) is 8.86. The van der Waals surface area contributed by atoms with E-state index in [0.29, 0.717) is 0 Å². The molecule has 5 aromatic rings. The second-order valence-corrected chi connectivity index (χ2v) is 6.83. The van der Waals surface area contributed by atoms with Gasteiger partial charge in [-0.25, -0.2) is 9.13 Å². The van der Waals surface area contributed by atoms with Gasteiger partial charge in [-0.05, 0) is 36.4 Å². The zero-order valence-corrected chi connectivity index (χ0v) is 14.4. The SMILES string of the molecule is Cn1c2[n+](c3c1c1ccccc1n3-c1ccccc1)Cc1ncccc1-2. The van der Waals surface area contributed by atoms with E-state index < -0.39 is 0 Å². The van der Waals surface area contributed by atoms with Gasteiger partial charge in [-0.2, -0.15) is 0 Å².